The molecule has 0 aliphatic carbocycles. The van der Waals surface area contributed by atoms with Gasteiger partial charge < -0.3 is 5.32 Å². The van der Waals surface area contributed by atoms with Crippen LogP contribution in [0.4, 0.5) is 0 Å². The van der Waals surface area contributed by atoms with Gasteiger partial charge in [-0.25, -0.2) is 4.68 Å². The number of aromatic nitrogens is 3. The lowest BCUT2D eigenvalue weighted by molar-refractivity contribution is 0.548. The summed E-state index contributed by atoms with van der Waals surface area (Å²) in [6.45, 7) is 6.94. The van der Waals surface area contributed by atoms with Crippen molar-refractivity contribution in [2.24, 2.45) is 5.92 Å². The minimum atomic E-state index is 0.655. The second-order valence-electron chi connectivity index (χ2n) is 4.62. The molecule has 1 N–H and O–H groups in total. The highest BCUT2D eigenvalue weighted by atomic mass is 79.9. The molecule has 18 heavy (non-hydrogen) atoms. The molecule has 0 atom stereocenters. The van der Waals surface area contributed by atoms with Crippen LogP contribution in [0.25, 0.3) is 0 Å². The fraction of sp³-hybridized carbons (Fsp3) is 0.500. The number of halogens is 1. The van der Waals surface area contributed by atoms with Crippen molar-refractivity contribution in [1.29, 1.82) is 0 Å². The third-order valence-electron chi connectivity index (χ3n) is 2.44. The maximum absolute atomic E-state index is 4.16. The van der Waals surface area contributed by atoms with Crippen molar-refractivity contribution in [2.45, 2.75) is 26.9 Å². The second-order valence-corrected chi connectivity index (χ2v) is 6.48. The number of nitrogens with one attached hydrogen (secondary N) is 1. The van der Waals surface area contributed by atoms with Gasteiger partial charge in [0, 0.05) is 15.9 Å². The molecule has 2 heterocycles. The fourth-order valence-electron chi connectivity index (χ4n) is 1.57. The molecule has 6 heteroatoms. The van der Waals surface area contributed by atoms with Crippen molar-refractivity contribution in [2.75, 3.05) is 6.54 Å². The summed E-state index contributed by atoms with van der Waals surface area (Å²) in [7, 11) is 0. The lowest BCUT2D eigenvalue weighted by Gasteiger charge is -2.04. The Kier molecular flexibility index (Phi) is 4.91. The Labute approximate surface area is 120 Å². The third kappa shape index (κ3) is 3.90. The molecule has 2 aromatic rings. The predicted octanol–water partition coefficient (Wildman–Crippen LogP) is 2.90. The van der Waals surface area contributed by atoms with Crippen molar-refractivity contribution in [3.63, 3.8) is 0 Å². The molecule has 2 aromatic heterocycles. The van der Waals surface area contributed by atoms with Gasteiger partial charge in [-0.15, -0.1) is 16.4 Å². The molecule has 0 fully saturated rings. The van der Waals surface area contributed by atoms with Crippen LogP contribution in [-0.4, -0.2) is 21.5 Å². The van der Waals surface area contributed by atoms with Gasteiger partial charge in [0.15, 0.2) is 0 Å². The Balaban J connectivity index is 1.88. The molecule has 0 saturated heterocycles. The Morgan fingerprint density at radius 1 is 1.50 bits per heavy atom. The van der Waals surface area contributed by atoms with E-state index in [2.05, 4.69) is 56.9 Å². The van der Waals surface area contributed by atoms with Crippen LogP contribution in [-0.2, 0) is 13.1 Å². The van der Waals surface area contributed by atoms with Crippen LogP contribution in [0.2, 0.25) is 0 Å². The van der Waals surface area contributed by atoms with Crippen LogP contribution in [0.15, 0.2) is 22.1 Å². The Hall–Kier alpha value is -0.720. The Morgan fingerprint density at radius 2 is 2.33 bits per heavy atom. The van der Waals surface area contributed by atoms with Gasteiger partial charge in [0.2, 0.25) is 0 Å². The normalized spacial score (nSPS) is 11.3. The average Bonchev–Trinajstić information content (AvgIpc) is 2.90. The second kappa shape index (κ2) is 6.45. The van der Waals surface area contributed by atoms with Gasteiger partial charge >= 0.3 is 0 Å². The van der Waals surface area contributed by atoms with Crippen molar-refractivity contribution >= 4 is 27.3 Å². The Morgan fingerprint density at radius 3 is 3.00 bits per heavy atom. The highest BCUT2D eigenvalue weighted by molar-refractivity contribution is 9.10. The first-order chi connectivity index (χ1) is 8.65. The van der Waals surface area contributed by atoms with Crippen molar-refractivity contribution in [1.82, 2.24) is 20.3 Å². The summed E-state index contributed by atoms with van der Waals surface area (Å²) in [6, 6.07) is 2.06. The maximum atomic E-state index is 4.16. The van der Waals surface area contributed by atoms with E-state index in [1.807, 2.05) is 10.9 Å². The smallest absolute Gasteiger partial charge is 0.0964 e. The van der Waals surface area contributed by atoms with E-state index in [-0.39, 0.29) is 0 Å². The Bertz CT molecular complexity index is 492. The third-order valence-corrected chi connectivity index (χ3v) is 4.35. The van der Waals surface area contributed by atoms with Gasteiger partial charge in [-0.1, -0.05) is 19.1 Å². The summed E-state index contributed by atoms with van der Waals surface area (Å²) in [4.78, 5) is 1.27. The number of rotatable bonds is 6. The van der Waals surface area contributed by atoms with Crippen LogP contribution >= 0.6 is 27.3 Å². The molecule has 2 rings (SSSR count). The summed E-state index contributed by atoms with van der Waals surface area (Å²) in [6.07, 6.45) is 2.00. The van der Waals surface area contributed by atoms with Gasteiger partial charge in [0.05, 0.1) is 18.4 Å². The van der Waals surface area contributed by atoms with Crippen LogP contribution in [0.3, 0.4) is 0 Å². The van der Waals surface area contributed by atoms with E-state index in [4.69, 9.17) is 0 Å². The average molecular weight is 329 g/mol. The zero-order valence-electron chi connectivity index (χ0n) is 10.6. The number of thiophene rings is 1. The summed E-state index contributed by atoms with van der Waals surface area (Å²) in [5.41, 5.74) is 0.989. The molecule has 4 nitrogen and oxygen atoms in total. The van der Waals surface area contributed by atoms with E-state index in [1.54, 1.807) is 11.3 Å². The van der Waals surface area contributed by atoms with E-state index in [9.17, 15) is 0 Å². The zero-order valence-corrected chi connectivity index (χ0v) is 13.0. The van der Waals surface area contributed by atoms with Crippen molar-refractivity contribution in [3.05, 3.63) is 32.7 Å². The molecule has 0 spiro atoms. The summed E-state index contributed by atoms with van der Waals surface area (Å²) < 4.78 is 3.02. The van der Waals surface area contributed by atoms with Crippen molar-refractivity contribution < 1.29 is 0 Å². The molecule has 0 aliphatic heterocycles. The van der Waals surface area contributed by atoms with E-state index in [0.717, 1.165) is 29.8 Å². The van der Waals surface area contributed by atoms with Crippen LogP contribution in [0, 0.1) is 5.92 Å². The molecular weight excluding hydrogens is 312 g/mol. The lowest BCUT2D eigenvalue weighted by Crippen LogP contribution is -2.19. The molecule has 0 amide bonds. The van der Waals surface area contributed by atoms with Gasteiger partial charge in [-0.05, 0) is 39.8 Å². The molecular formula is C12H17BrN4S. The predicted molar refractivity (Wildman–Crippen MR) is 77.7 cm³/mol. The SMILES string of the molecule is CC(C)CNCc1cn(Cc2sccc2Br)nn1. The maximum Gasteiger partial charge on any atom is 0.0964 e. The quantitative estimate of drug-likeness (QED) is 0.886. The molecule has 0 saturated carbocycles. The molecule has 0 radical (unpaired) electrons. The van der Waals surface area contributed by atoms with Gasteiger partial charge in [0.25, 0.3) is 0 Å². The van der Waals surface area contributed by atoms with E-state index in [1.165, 1.54) is 4.88 Å². The van der Waals surface area contributed by atoms with Gasteiger partial charge in [0.1, 0.15) is 0 Å². The highest BCUT2D eigenvalue weighted by Gasteiger charge is 2.05. The first-order valence-electron chi connectivity index (χ1n) is 5.96. The van der Waals surface area contributed by atoms with Crippen molar-refractivity contribution in [3.8, 4) is 0 Å². The van der Waals surface area contributed by atoms with Gasteiger partial charge in [-0.3, -0.25) is 0 Å². The summed E-state index contributed by atoms with van der Waals surface area (Å²) in [5, 5.41) is 13.7. The number of hydrogen-bond acceptors (Lipinski definition) is 4. The fourth-order valence-corrected chi connectivity index (χ4v) is 3.04. The minimum Gasteiger partial charge on any atom is -0.311 e. The standard InChI is InChI=1S/C12H17BrN4S/c1-9(2)5-14-6-10-7-17(16-15-10)8-12-11(13)3-4-18-12/h3-4,7,9,14H,5-6,8H2,1-2H3. The molecule has 98 valence electrons. The van der Waals surface area contributed by atoms with Crippen LogP contribution < -0.4 is 5.32 Å². The number of hydrogen-bond donors (Lipinski definition) is 1. The largest absolute Gasteiger partial charge is 0.311 e. The molecule has 0 unspecified atom stereocenters. The van der Waals surface area contributed by atoms with E-state index >= 15 is 0 Å². The van der Waals surface area contributed by atoms with E-state index < -0.39 is 0 Å². The molecule has 0 bridgehead atoms. The monoisotopic (exact) mass is 328 g/mol. The zero-order chi connectivity index (χ0) is 13.0. The van der Waals surface area contributed by atoms with Gasteiger partial charge in [-0.2, -0.15) is 0 Å². The number of nitrogens with zero attached hydrogens (tertiary/aromatic N) is 3. The minimum absolute atomic E-state index is 0.655. The lowest BCUT2D eigenvalue weighted by atomic mass is 10.2. The first kappa shape index (κ1) is 13.7. The van der Waals surface area contributed by atoms with E-state index in [0.29, 0.717) is 5.92 Å². The summed E-state index contributed by atoms with van der Waals surface area (Å²) >= 11 is 5.25. The highest BCUT2D eigenvalue weighted by Crippen LogP contribution is 2.23. The first-order valence-corrected chi connectivity index (χ1v) is 7.64. The molecule has 0 aromatic carbocycles. The summed E-state index contributed by atoms with van der Waals surface area (Å²) in [5.74, 6) is 0.655. The topological polar surface area (TPSA) is 42.7 Å². The molecule has 0 aliphatic rings. The van der Waals surface area contributed by atoms with Crippen LogP contribution in [0.1, 0.15) is 24.4 Å². The van der Waals surface area contributed by atoms with Crippen LogP contribution in [0.5, 0.6) is 0 Å².